The summed E-state index contributed by atoms with van der Waals surface area (Å²) >= 11 is 0. The molecule has 0 unspecified atom stereocenters. The van der Waals surface area contributed by atoms with Gasteiger partial charge in [0.1, 0.15) is 5.82 Å². The van der Waals surface area contributed by atoms with Crippen molar-refractivity contribution in [2.75, 3.05) is 18.4 Å². The van der Waals surface area contributed by atoms with Crippen LogP contribution in [0.2, 0.25) is 0 Å². The van der Waals surface area contributed by atoms with E-state index in [1.165, 1.54) is 6.07 Å². The van der Waals surface area contributed by atoms with E-state index in [0.717, 1.165) is 31.5 Å². The van der Waals surface area contributed by atoms with Crippen molar-refractivity contribution in [3.63, 3.8) is 0 Å². The molecule has 2 aromatic rings. The van der Waals surface area contributed by atoms with Gasteiger partial charge in [0.2, 0.25) is 0 Å². The third kappa shape index (κ3) is 4.39. The van der Waals surface area contributed by atoms with E-state index in [1.807, 2.05) is 4.90 Å². The number of halogens is 1. The molecule has 3 rings (SSSR count). The van der Waals surface area contributed by atoms with Crippen molar-refractivity contribution >= 4 is 17.6 Å². The molecule has 5 nitrogen and oxygen atoms in total. The maximum atomic E-state index is 13.3. The second-order valence-corrected chi connectivity index (χ2v) is 6.47. The van der Waals surface area contributed by atoms with Gasteiger partial charge in [-0.1, -0.05) is 18.2 Å². The molecule has 0 bridgehead atoms. The largest absolute Gasteiger partial charge is 0.339 e. The van der Waals surface area contributed by atoms with Gasteiger partial charge < -0.3 is 15.5 Å². The Hall–Kier alpha value is -2.89. The number of urea groups is 1. The van der Waals surface area contributed by atoms with Crippen LogP contribution >= 0.6 is 0 Å². The zero-order valence-corrected chi connectivity index (χ0v) is 14.7. The Kier molecular flexibility index (Phi) is 5.51. The van der Waals surface area contributed by atoms with Crippen LogP contribution in [0.15, 0.2) is 42.5 Å². The summed E-state index contributed by atoms with van der Waals surface area (Å²) in [4.78, 5) is 26.3. The first-order valence-corrected chi connectivity index (χ1v) is 8.72. The molecule has 0 saturated carbocycles. The molecule has 1 saturated heterocycles. The lowest BCUT2D eigenvalue weighted by Gasteiger charge is -2.16. The lowest BCUT2D eigenvalue weighted by Crippen LogP contribution is -2.29. The van der Waals surface area contributed by atoms with Crippen molar-refractivity contribution in [1.29, 1.82) is 0 Å². The lowest BCUT2D eigenvalue weighted by atomic mass is 10.1. The molecule has 6 heteroatoms. The summed E-state index contributed by atoms with van der Waals surface area (Å²) in [7, 11) is 0. The summed E-state index contributed by atoms with van der Waals surface area (Å²) < 4.78 is 13.3. The van der Waals surface area contributed by atoms with E-state index in [0.29, 0.717) is 23.4 Å². The standard InChI is InChI=1S/C20H22FN3O2/c1-14-11-15(7-8-18(14)21)13-22-20(26)23-17-6-4-5-16(12-17)19(25)24-9-2-3-10-24/h4-8,11-12H,2-3,9-10,13H2,1H3,(H2,22,23,26). The predicted molar refractivity (Wildman–Crippen MR) is 98.6 cm³/mol. The fraction of sp³-hybridized carbons (Fsp3) is 0.300. The second kappa shape index (κ2) is 7.99. The summed E-state index contributed by atoms with van der Waals surface area (Å²) in [5, 5.41) is 5.46. The first-order valence-electron chi connectivity index (χ1n) is 8.72. The fourth-order valence-electron chi connectivity index (χ4n) is 3.01. The number of amides is 3. The van der Waals surface area contributed by atoms with Crippen LogP contribution in [0, 0.1) is 12.7 Å². The van der Waals surface area contributed by atoms with E-state index in [4.69, 9.17) is 0 Å². The Bertz CT molecular complexity index is 816. The van der Waals surface area contributed by atoms with Gasteiger partial charge >= 0.3 is 6.03 Å². The molecule has 2 aromatic carbocycles. The van der Waals surface area contributed by atoms with Crippen LogP contribution in [0.3, 0.4) is 0 Å². The zero-order valence-electron chi connectivity index (χ0n) is 14.7. The number of carbonyl (C=O) groups excluding carboxylic acids is 2. The molecule has 1 aliphatic heterocycles. The van der Waals surface area contributed by atoms with E-state index in [9.17, 15) is 14.0 Å². The van der Waals surface area contributed by atoms with Crippen molar-refractivity contribution in [2.24, 2.45) is 0 Å². The van der Waals surface area contributed by atoms with E-state index < -0.39 is 0 Å². The minimum atomic E-state index is -0.377. The van der Waals surface area contributed by atoms with Gasteiger partial charge in [-0.25, -0.2) is 9.18 Å². The second-order valence-electron chi connectivity index (χ2n) is 6.47. The summed E-state index contributed by atoms with van der Waals surface area (Å²) in [6.07, 6.45) is 2.07. The lowest BCUT2D eigenvalue weighted by molar-refractivity contribution is 0.0793. The topological polar surface area (TPSA) is 61.4 Å². The molecule has 0 atom stereocenters. The molecule has 0 spiro atoms. The minimum Gasteiger partial charge on any atom is -0.339 e. The first kappa shape index (κ1) is 17.9. The van der Waals surface area contributed by atoms with Crippen LogP contribution in [0.5, 0.6) is 0 Å². The maximum absolute atomic E-state index is 13.3. The van der Waals surface area contributed by atoms with Crippen molar-refractivity contribution in [3.8, 4) is 0 Å². The Morgan fingerprint density at radius 2 is 1.88 bits per heavy atom. The van der Waals surface area contributed by atoms with Gasteiger partial charge in [-0.2, -0.15) is 0 Å². The number of aryl methyl sites for hydroxylation is 1. The van der Waals surface area contributed by atoms with Crippen molar-refractivity contribution in [1.82, 2.24) is 10.2 Å². The highest BCUT2D eigenvalue weighted by atomic mass is 19.1. The Morgan fingerprint density at radius 3 is 2.62 bits per heavy atom. The van der Waals surface area contributed by atoms with E-state index in [2.05, 4.69) is 10.6 Å². The third-order valence-corrected chi connectivity index (χ3v) is 4.44. The van der Waals surface area contributed by atoms with Gasteiger partial charge in [0.15, 0.2) is 0 Å². The summed E-state index contributed by atoms with van der Waals surface area (Å²) in [6, 6.07) is 11.3. The Balaban J connectivity index is 1.57. The van der Waals surface area contributed by atoms with Crippen LogP contribution in [-0.2, 0) is 6.54 Å². The quantitative estimate of drug-likeness (QED) is 0.879. The van der Waals surface area contributed by atoms with Gasteiger partial charge in [0.25, 0.3) is 5.91 Å². The van der Waals surface area contributed by atoms with Crippen LogP contribution in [0.25, 0.3) is 0 Å². The van der Waals surface area contributed by atoms with E-state index in [-0.39, 0.29) is 17.8 Å². The molecule has 0 aromatic heterocycles. The summed E-state index contributed by atoms with van der Waals surface area (Å²) in [6.45, 7) is 3.54. The normalized spacial score (nSPS) is 13.5. The summed E-state index contributed by atoms with van der Waals surface area (Å²) in [5.41, 5.74) is 2.48. The average Bonchev–Trinajstić information content (AvgIpc) is 3.17. The molecule has 1 fully saturated rings. The third-order valence-electron chi connectivity index (χ3n) is 4.44. The molecular formula is C20H22FN3O2. The highest BCUT2D eigenvalue weighted by Gasteiger charge is 2.19. The smallest absolute Gasteiger partial charge is 0.319 e. The number of rotatable bonds is 4. The van der Waals surface area contributed by atoms with E-state index >= 15 is 0 Å². The molecule has 0 aliphatic carbocycles. The number of carbonyl (C=O) groups is 2. The molecular weight excluding hydrogens is 333 g/mol. The van der Waals surface area contributed by atoms with Crippen LogP contribution in [-0.4, -0.2) is 29.9 Å². The van der Waals surface area contributed by atoms with Gasteiger partial charge in [-0.05, 0) is 55.2 Å². The van der Waals surface area contributed by atoms with Crippen LogP contribution < -0.4 is 10.6 Å². The number of nitrogens with zero attached hydrogens (tertiary/aromatic N) is 1. The molecule has 3 amide bonds. The van der Waals surface area contributed by atoms with Crippen molar-refractivity contribution in [3.05, 3.63) is 65.0 Å². The Labute approximate surface area is 152 Å². The molecule has 136 valence electrons. The molecule has 2 N–H and O–H groups in total. The number of hydrogen-bond acceptors (Lipinski definition) is 2. The zero-order chi connectivity index (χ0) is 18.5. The SMILES string of the molecule is Cc1cc(CNC(=O)Nc2cccc(C(=O)N3CCCC3)c2)ccc1F. The monoisotopic (exact) mass is 355 g/mol. The first-order chi connectivity index (χ1) is 12.5. The molecule has 0 radical (unpaired) electrons. The molecule has 26 heavy (non-hydrogen) atoms. The highest BCUT2D eigenvalue weighted by Crippen LogP contribution is 2.16. The Morgan fingerprint density at radius 1 is 1.12 bits per heavy atom. The number of anilines is 1. The van der Waals surface area contributed by atoms with Gasteiger partial charge in [0.05, 0.1) is 0 Å². The predicted octanol–water partition coefficient (Wildman–Crippen LogP) is 3.69. The van der Waals surface area contributed by atoms with Gasteiger partial charge in [-0.3, -0.25) is 4.79 Å². The number of likely N-dealkylation sites (tertiary alicyclic amines) is 1. The number of benzene rings is 2. The van der Waals surface area contributed by atoms with E-state index in [1.54, 1.807) is 43.3 Å². The van der Waals surface area contributed by atoms with Crippen LogP contribution in [0.4, 0.5) is 14.9 Å². The summed E-state index contributed by atoms with van der Waals surface area (Å²) in [5.74, 6) is -0.272. The van der Waals surface area contributed by atoms with Crippen molar-refractivity contribution < 1.29 is 14.0 Å². The average molecular weight is 355 g/mol. The van der Waals surface area contributed by atoms with Crippen LogP contribution in [0.1, 0.15) is 34.3 Å². The molecule has 1 heterocycles. The minimum absolute atomic E-state index is 0.00616. The number of hydrogen-bond donors (Lipinski definition) is 2. The fourth-order valence-corrected chi connectivity index (χ4v) is 3.01. The van der Waals surface area contributed by atoms with Gasteiger partial charge in [-0.15, -0.1) is 0 Å². The molecule has 1 aliphatic rings. The number of nitrogens with one attached hydrogen (secondary N) is 2. The van der Waals surface area contributed by atoms with Gasteiger partial charge in [0, 0.05) is 30.9 Å². The highest BCUT2D eigenvalue weighted by molar-refractivity contribution is 5.97. The van der Waals surface area contributed by atoms with Crippen molar-refractivity contribution in [2.45, 2.75) is 26.3 Å². The maximum Gasteiger partial charge on any atom is 0.319 e.